The molecule has 0 saturated carbocycles. The molecule has 0 atom stereocenters. The van der Waals surface area contributed by atoms with E-state index >= 15 is 0 Å². The average molecular weight is 300 g/mol. The van der Waals surface area contributed by atoms with Crippen molar-refractivity contribution >= 4 is 5.97 Å². The highest BCUT2D eigenvalue weighted by molar-refractivity contribution is 5.87. The Kier molecular flexibility index (Phi) is 5.12. The third-order valence-corrected chi connectivity index (χ3v) is 3.43. The summed E-state index contributed by atoms with van der Waals surface area (Å²) < 4.78 is 5.60. The van der Waals surface area contributed by atoms with Gasteiger partial charge in [0.25, 0.3) is 0 Å². The largest absolute Gasteiger partial charge is 0.478 e. The van der Waals surface area contributed by atoms with E-state index in [1.165, 1.54) is 12.1 Å². The quantitative estimate of drug-likeness (QED) is 0.885. The summed E-state index contributed by atoms with van der Waals surface area (Å²) in [6.07, 6.45) is 1.79. The molecule has 0 unspecified atom stereocenters. The van der Waals surface area contributed by atoms with Gasteiger partial charge in [-0.3, -0.25) is 4.90 Å². The predicted molar refractivity (Wildman–Crippen MR) is 84.3 cm³/mol. The van der Waals surface area contributed by atoms with Crippen LogP contribution < -0.4 is 4.74 Å². The van der Waals surface area contributed by atoms with Gasteiger partial charge in [0.05, 0.1) is 5.56 Å². The van der Waals surface area contributed by atoms with Crippen molar-refractivity contribution in [2.24, 2.45) is 0 Å². The SMILES string of the molecule is CC(C)N(C)Cc1ccc(Oc2ccc(C(=O)O)cc2)nc1. The minimum absolute atomic E-state index is 0.229. The number of carboxylic acids is 1. The normalized spacial score (nSPS) is 11.0. The molecule has 116 valence electrons. The summed E-state index contributed by atoms with van der Waals surface area (Å²) in [5.74, 6) is 0.0897. The van der Waals surface area contributed by atoms with E-state index in [1.807, 2.05) is 12.1 Å². The Balaban J connectivity index is 2.00. The molecule has 1 aromatic heterocycles. The fraction of sp³-hybridized carbons (Fsp3) is 0.294. The molecular formula is C17H20N2O3. The molecule has 5 heteroatoms. The van der Waals surface area contributed by atoms with Gasteiger partial charge in [0.2, 0.25) is 5.88 Å². The van der Waals surface area contributed by atoms with Crippen LogP contribution in [0.25, 0.3) is 0 Å². The lowest BCUT2D eigenvalue weighted by Crippen LogP contribution is -2.25. The summed E-state index contributed by atoms with van der Waals surface area (Å²) in [7, 11) is 2.07. The molecular weight excluding hydrogens is 280 g/mol. The third-order valence-electron chi connectivity index (χ3n) is 3.43. The average Bonchev–Trinajstić information content (AvgIpc) is 2.49. The standard InChI is InChI=1S/C17H20N2O3/c1-12(2)19(3)11-13-4-9-16(18-10-13)22-15-7-5-14(6-8-15)17(20)21/h4-10,12H,11H2,1-3H3,(H,20,21). The number of aromatic nitrogens is 1. The number of rotatable bonds is 6. The van der Waals surface area contributed by atoms with E-state index in [9.17, 15) is 4.79 Å². The molecule has 2 aromatic rings. The molecule has 0 radical (unpaired) electrons. The number of hydrogen-bond donors (Lipinski definition) is 1. The van der Waals surface area contributed by atoms with Crippen molar-refractivity contribution in [2.75, 3.05) is 7.05 Å². The van der Waals surface area contributed by atoms with E-state index in [4.69, 9.17) is 9.84 Å². The van der Waals surface area contributed by atoms with Crippen LogP contribution in [0.5, 0.6) is 11.6 Å². The summed E-state index contributed by atoms with van der Waals surface area (Å²) in [6, 6.07) is 10.5. The maximum Gasteiger partial charge on any atom is 0.335 e. The van der Waals surface area contributed by atoms with Crippen LogP contribution >= 0.6 is 0 Å². The highest BCUT2D eigenvalue weighted by Gasteiger charge is 2.06. The van der Waals surface area contributed by atoms with Crippen LogP contribution in [0.15, 0.2) is 42.6 Å². The monoisotopic (exact) mass is 300 g/mol. The second-order valence-electron chi connectivity index (χ2n) is 5.45. The van der Waals surface area contributed by atoms with Gasteiger partial charge in [-0.25, -0.2) is 9.78 Å². The first kappa shape index (κ1) is 16.0. The molecule has 1 aromatic carbocycles. The van der Waals surface area contributed by atoms with Gasteiger partial charge in [-0.05, 0) is 50.7 Å². The first-order chi connectivity index (χ1) is 10.5. The fourth-order valence-corrected chi connectivity index (χ4v) is 1.82. The smallest absolute Gasteiger partial charge is 0.335 e. The van der Waals surface area contributed by atoms with Crippen LogP contribution in [0.2, 0.25) is 0 Å². The van der Waals surface area contributed by atoms with Gasteiger partial charge in [-0.1, -0.05) is 6.07 Å². The lowest BCUT2D eigenvalue weighted by Gasteiger charge is -2.20. The minimum Gasteiger partial charge on any atom is -0.478 e. The van der Waals surface area contributed by atoms with Crippen molar-refractivity contribution < 1.29 is 14.6 Å². The molecule has 0 bridgehead atoms. The lowest BCUT2D eigenvalue weighted by atomic mass is 10.2. The van der Waals surface area contributed by atoms with Crippen molar-refractivity contribution in [1.82, 2.24) is 9.88 Å². The number of carboxylic acid groups (broad SMARTS) is 1. The predicted octanol–water partition coefficient (Wildman–Crippen LogP) is 3.41. The molecule has 0 fully saturated rings. The number of aromatic carboxylic acids is 1. The van der Waals surface area contributed by atoms with Crippen molar-refractivity contribution in [2.45, 2.75) is 26.4 Å². The molecule has 0 spiro atoms. The summed E-state index contributed by atoms with van der Waals surface area (Å²) in [6.45, 7) is 5.12. The molecule has 22 heavy (non-hydrogen) atoms. The van der Waals surface area contributed by atoms with Crippen molar-refractivity contribution in [3.8, 4) is 11.6 Å². The molecule has 2 rings (SSSR count). The summed E-state index contributed by atoms with van der Waals surface area (Å²) >= 11 is 0. The fourth-order valence-electron chi connectivity index (χ4n) is 1.82. The van der Waals surface area contributed by atoms with Crippen LogP contribution in [0, 0.1) is 0 Å². The Morgan fingerprint density at radius 1 is 1.23 bits per heavy atom. The molecule has 1 N–H and O–H groups in total. The maximum absolute atomic E-state index is 10.8. The van der Waals surface area contributed by atoms with Gasteiger partial charge in [0, 0.05) is 24.8 Å². The number of carbonyl (C=O) groups is 1. The molecule has 0 aliphatic heterocycles. The number of hydrogen-bond acceptors (Lipinski definition) is 4. The maximum atomic E-state index is 10.8. The second-order valence-corrected chi connectivity index (χ2v) is 5.45. The second kappa shape index (κ2) is 7.04. The van der Waals surface area contributed by atoms with Crippen molar-refractivity contribution in [3.05, 3.63) is 53.7 Å². The van der Waals surface area contributed by atoms with Gasteiger partial charge in [-0.15, -0.1) is 0 Å². The zero-order chi connectivity index (χ0) is 16.1. The number of benzene rings is 1. The molecule has 0 amide bonds. The number of pyridine rings is 1. The highest BCUT2D eigenvalue weighted by Crippen LogP contribution is 2.20. The summed E-state index contributed by atoms with van der Waals surface area (Å²) in [5, 5.41) is 8.85. The summed E-state index contributed by atoms with van der Waals surface area (Å²) in [5.41, 5.74) is 1.34. The Morgan fingerprint density at radius 2 is 1.91 bits per heavy atom. The van der Waals surface area contributed by atoms with Crippen LogP contribution in [0.1, 0.15) is 29.8 Å². The van der Waals surface area contributed by atoms with E-state index in [2.05, 4.69) is 30.8 Å². The van der Waals surface area contributed by atoms with E-state index in [1.54, 1.807) is 18.3 Å². The minimum atomic E-state index is -0.955. The topological polar surface area (TPSA) is 62.7 Å². The van der Waals surface area contributed by atoms with Crippen LogP contribution in [0.4, 0.5) is 0 Å². The lowest BCUT2D eigenvalue weighted by molar-refractivity contribution is 0.0697. The first-order valence-electron chi connectivity index (χ1n) is 7.12. The van der Waals surface area contributed by atoms with E-state index < -0.39 is 5.97 Å². The molecule has 0 aliphatic rings. The van der Waals surface area contributed by atoms with Gasteiger partial charge in [0.1, 0.15) is 5.75 Å². The Morgan fingerprint density at radius 3 is 2.41 bits per heavy atom. The van der Waals surface area contributed by atoms with Gasteiger partial charge in [0.15, 0.2) is 0 Å². The van der Waals surface area contributed by atoms with Crippen molar-refractivity contribution in [1.29, 1.82) is 0 Å². The van der Waals surface area contributed by atoms with E-state index in [0.717, 1.165) is 12.1 Å². The molecule has 1 heterocycles. The first-order valence-corrected chi connectivity index (χ1v) is 7.12. The number of nitrogens with zero attached hydrogens (tertiary/aromatic N) is 2. The van der Waals surface area contributed by atoms with E-state index in [0.29, 0.717) is 17.7 Å². The molecule has 5 nitrogen and oxygen atoms in total. The van der Waals surface area contributed by atoms with Crippen molar-refractivity contribution in [3.63, 3.8) is 0 Å². The molecule has 0 saturated heterocycles. The zero-order valence-corrected chi connectivity index (χ0v) is 13.0. The Bertz CT molecular complexity index is 621. The van der Waals surface area contributed by atoms with Crippen LogP contribution in [0.3, 0.4) is 0 Å². The van der Waals surface area contributed by atoms with Gasteiger partial charge >= 0.3 is 5.97 Å². The Hall–Kier alpha value is -2.40. The highest BCUT2D eigenvalue weighted by atomic mass is 16.5. The van der Waals surface area contributed by atoms with Gasteiger partial charge in [-0.2, -0.15) is 0 Å². The summed E-state index contributed by atoms with van der Waals surface area (Å²) in [4.78, 5) is 17.3. The van der Waals surface area contributed by atoms with Gasteiger partial charge < -0.3 is 9.84 Å². The number of ether oxygens (including phenoxy) is 1. The molecule has 0 aliphatic carbocycles. The van der Waals surface area contributed by atoms with Crippen LogP contribution in [-0.4, -0.2) is 34.0 Å². The zero-order valence-electron chi connectivity index (χ0n) is 13.0. The van der Waals surface area contributed by atoms with Crippen LogP contribution in [-0.2, 0) is 6.54 Å². The third kappa shape index (κ3) is 4.30. The Labute approximate surface area is 130 Å². The van der Waals surface area contributed by atoms with E-state index in [-0.39, 0.29) is 5.56 Å².